The minimum atomic E-state index is -0.0654. The molecule has 4 aromatic rings. The van der Waals surface area contributed by atoms with Gasteiger partial charge in [-0.1, -0.05) is 42.0 Å². The van der Waals surface area contributed by atoms with Crippen LogP contribution in [0.4, 0.5) is 5.13 Å². The van der Waals surface area contributed by atoms with E-state index in [1.165, 1.54) is 5.56 Å². The summed E-state index contributed by atoms with van der Waals surface area (Å²) in [5.41, 5.74) is 2.79. The van der Waals surface area contributed by atoms with E-state index in [9.17, 15) is 4.79 Å². The summed E-state index contributed by atoms with van der Waals surface area (Å²) >= 11 is 7.55. The highest BCUT2D eigenvalue weighted by Gasteiger charge is 2.21. The second-order valence-corrected chi connectivity index (χ2v) is 8.18. The second kappa shape index (κ2) is 10.1. The number of anilines is 1. The summed E-state index contributed by atoms with van der Waals surface area (Å²) in [6.07, 6.45) is 7.18. The fraction of sp³-hybridized carbons (Fsp3) is 0.227. The van der Waals surface area contributed by atoms with Crippen molar-refractivity contribution in [3.05, 3.63) is 77.3 Å². The Balaban J connectivity index is 0.00000256. The number of carbonyl (C=O) groups is 1. The summed E-state index contributed by atoms with van der Waals surface area (Å²) in [4.78, 5) is 24.0. The van der Waals surface area contributed by atoms with Crippen molar-refractivity contribution in [1.82, 2.24) is 14.5 Å². The smallest absolute Gasteiger partial charge is 0.260 e. The van der Waals surface area contributed by atoms with Gasteiger partial charge in [-0.25, -0.2) is 9.97 Å². The standard InChI is InChI=1S/C22H21ClN4OS.ClH/c1-2-16-5-3-6-19-20(16)25-22(29-19)27(13-4-12-26-14-11-24-15-26)21(28)17-7-9-18(23)10-8-17;/h3,5-11,14-15H,2,4,12-13H2,1H3;1H. The third-order valence-corrected chi connectivity index (χ3v) is 6.09. The lowest BCUT2D eigenvalue weighted by atomic mass is 10.1. The van der Waals surface area contributed by atoms with E-state index < -0.39 is 0 Å². The minimum absolute atomic E-state index is 0. The van der Waals surface area contributed by atoms with Gasteiger partial charge in [0.15, 0.2) is 5.13 Å². The molecule has 30 heavy (non-hydrogen) atoms. The lowest BCUT2D eigenvalue weighted by Crippen LogP contribution is -2.32. The number of nitrogens with zero attached hydrogens (tertiary/aromatic N) is 4. The number of carbonyl (C=O) groups excluding carboxylic acids is 1. The molecule has 0 radical (unpaired) electrons. The fourth-order valence-corrected chi connectivity index (χ4v) is 4.42. The molecule has 0 aliphatic rings. The number of hydrogen-bond donors (Lipinski definition) is 0. The molecule has 4 rings (SSSR count). The molecule has 2 aromatic carbocycles. The molecular formula is C22H22Cl2N4OS. The Morgan fingerprint density at radius 3 is 2.70 bits per heavy atom. The van der Waals surface area contributed by atoms with Gasteiger partial charge in [-0.15, -0.1) is 12.4 Å². The van der Waals surface area contributed by atoms with E-state index in [1.807, 2.05) is 16.8 Å². The predicted molar refractivity (Wildman–Crippen MR) is 126 cm³/mol. The van der Waals surface area contributed by atoms with Crippen LogP contribution >= 0.6 is 35.3 Å². The first-order valence-electron chi connectivity index (χ1n) is 9.57. The Morgan fingerprint density at radius 1 is 1.20 bits per heavy atom. The molecule has 0 saturated carbocycles. The number of imidazole rings is 1. The summed E-state index contributed by atoms with van der Waals surface area (Å²) in [5.74, 6) is -0.0654. The highest BCUT2D eigenvalue weighted by molar-refractivity contribution is 7.22. The Kier molecular flexibility index (Phi) is 7.48. The molecule has 0 atom stereocenters. The van der Waals surface area contributed by atoms with Gasteiger partial charge in [-0.05, 0) is 48.7 Å². The number of aromatic nitrogens is 3. The van der Waals surface area contributed by atoms with Gasteiger partial charge in [-0.3, -0.25) is 9.69 Å². The van der Waals surface area contributed by atoms with Crippen molar-refractivity contribution in [2.45, 2.75) is 26.3 Å². The highest BCUT2D eigenvalue weighted by atomic mass is 35.5. The number of halogens is 2. The van der Waals surface area contributed by atoms with Crippen LogP contribution in [0.2, 0.25) is 5.02 Å². The van der Waals surface area contributed by atoms with Gasteiger partial charge < -0.3 is 4.57 Å². The lowest BCUT2D eigenvalue weighted by Gasteiger charge is -2.20. The van der Waals surface area contributed by atoms with Crippen LogP contribution in [0.3, 0.4) is 0 Å². The Labute approximate surface area is 190 Å². The third-order valence-electron chi connectivity index (χ3n) is 4.80. The molecule has 5 nitrogen and oxygen atoms in total. The van der Waals surface area contributed by atoms with Crippen LogP contribution in [-0.4, -0.2) is 27.0 Å². The number of rotatable bonds is 7. The van der Waals surface area contributed by atoms with Crippen molar-refractivity contribution in [3.8, 4) is 0 Å². The number of aryl methyl sites for hydroxylation is 2. The molecule has 0 aliphatic heterocycles. The van der Waals surface area contributed by atoms with Crippen LogP contribution in [0, 0.1) is 0 Å². The number of para-hydroxylation sites is 1. The molecule has 2 aromatic heterocycles. The molecule has 0 unspecified atom stereocenters. The maximum atomic E-state index is 13.3. The molecule has 0 bridgehead atoms. The zero-order valence-electron chi connectivity index (χ0n) is 16.5. The van der Waals surface area contributed by atoms with E-state index in [0.29, 0.717) is 17.1 Å². The first-order chi connectivity index (χ1) is 14.2. The quantitative estimate of drug-likeness (QED) is 0.346. The summed E-state index contributed by atoms with van der Waals surface area (Å²) in [6, 6.07) is 13.2. The molecule has 0 spiro atoms. The minimum Gasteiger partial charge on any atom is -0.337 e. The number of thiazole rings is 1. The Morgan fingerprint density at radius 2 is 2.00 bits per heavy atom. The summed E-state index contributed by atoms with van der Waals surface area (Å²) in [6.45, 7) is 3.48. The Bertz CT molecular complexity index is 1110. The van der Waals surface area contributed by atoms with E-state index in [-0.39, 0.29) is 18.3 Å². The summed E-state index contributed by atoms with van der Waals surface area (Å²) < 4.78 is 3.11. The van der Waals surface area contributed by atoms with E-state index in [2.05, 4.69) is 24.0 Å². The fourth-order valence-electron chi connectivity index (χ4n) is 3.26. The van der Waals surface area contributed by atoms with Crippen molar-refractivity contribution >= 4 is 56.6 Å². The normalized spacial score (nSPS) is 10.7. The number of benzene rings is 2. The van der Waals surface area contributed by atoms with Crippen LogP contribution in [0.15, 0.2) is 61.2 Å². The monoisotopic (exact) mass is 460 g/mol. The molecule has 8 heteroatoms. The second-order valence-electron chi connectivity index (χ2n) is 6.73. The molecule has 0 N–H and O–H groups in total. The number of amides is 1. The van der Waals surface area contributed by atoms with Crippen molar-refractivity contribution in [2.75, 3.05) is 11.4 Å². The molecule has 2 heterocycles. The molecule has 0 saturated heterocycles. The van der Waals surface area contributed by atoms with Crippen LogP contribution in [0.25, 0.3) is 10.2 Å². The van der Waals surface area contributed by atoms with Gasteiger partial charge in [-0.2, -0.15) is 0 Å². The summed E-state index contributed by atoms with van der Waals surface area (Å²) in [7, 11) is 0. The molecule has 0 aliphatic carbocycles. The van der Waals surface area contributed by atoms with Gasteiger partial charge in [0.25, 0.3) is 5.91 Å². The van der Waals surface area contributed by atoms with Gasteiger partial charge in [0.1, 0.15) is 0 Å². The third kappa shape index (κ3) is 4.83. The maximum Gasteiger partial charge on any atom is 0.260 e. The van der Waals surface area contributed by atoms with E-state index in [0.717, 1.165) is 34.7 Å². The van der Waals surface area contributed by atoms with Crippen molar-refractivity contribution in [2.24, 2.45) is 0 Å². The van der Waals surface area contributed by atoms with E-state index in [4.69, 9.17) is 16.6 Å². The van der Waals surface area contributed by atoms with E-state index in [1.54, 1.807) is 53.0 Å². The first kappa shape index (κ1) is 22.3. The lowest BCUT2D eigenvalue weighted by molar-refractivity contribution is 0.0986. The van der Waals surface area contributed by atoms with E-state index >= 15 is 0 Å². The van der Waals surface area contributed by atoms with Gasteiger partial charge in [0.05, 0.1) is 16.5 Å². The van der Waals surface area contributed by atoms with Gasteiger partial charge >= 0.3 is 0 Å². The van der Waals surface area contributed by atoms with Crippen LogP contribution in [-0.2, 0) is 13.0 Å². The largest absolute Gasteiger partial charge is 0.337 e. The van der Waals surface area contributed by atoms with Crippen LogP contribution in [0.1, 0.15) is 29.3 Å². The van der Waals surface area contributed by atoms with Crippen molar-refractivity contribution in [1.29, 1.82) is 0 Å². The first-order valence-corrected chi connectivity index (χ1v) is 10.8. The topological polar surface area (TPSA) is 51.0 Å². The van der Waals surface area contributed by atoms with Gasteiger partial charge in [0, 0.05) is 36.1 Å². The molecule has 1 amide bonds. The average molecular weight is 461 g/mol. The van der Waals surface area contributed by atoms with Crippen LogP contribution in [0.5, 0.6) is 0 Å². The number of fused-ring (bicyclic) bond motifs is 1. The van der Waals surface area contributed by atoms with Crippen LogP contribution < -0.4 is 4.90 Å². The number of hydrogen-bond acceptors (Lipinski definition) is 4. The maximum absolute atomic E-state index is 13.3. The van der Waals surface area contributed by atoms with Gasteiger partial charge in [0.2, 0.25) is 0 Å². The molecular weight excluding hydrogens is 439 g/mol. The SMILES string of the molecule is CCc1cccc2sc(N(CCCn3ccnc3)C(=O)c3ccc(Cl)cc3)nc12.Cl. The highest BCUT2D eigenvalue weighted by Crippen LogP contribution is 2.32. The Hall–Kier alpha value is -2.41. The summed E-state index contributed by atoms with van der Waals surface area (Å²) in [5, 5.41) is 1.34. The molecule has 0 fully saturated rings. The zero-order valence-corrected chi connectivity index (χ0v) is 18.9. The van der Waals surface area contributed by atoms with Crippen molar-refractivity contribution in [3.63, 3.8) is 0 Å². The molecule has 156 valence electrons. The average Bonchev–Trinajstić information content (AvgIpc) is 3.40. The van der Waals surface area contributed by atoms with Crippen molar-refractivity contribution < 1.29 is 4.79 Å². The zero-order chi connectivity index (χ0) is 20.2. The predicted octanol–water partition coefficient (Wildman–Crippen LogP) is 5.87.